The van der Waals surface area contributed by atoms with Gasteiger partial charge in [-0.05, 0) is 0 Å². The van der Waals surface area contributed by atoms with Crippen LogP contribution in [0.1, 0.15) is 5.69 Å². The molecule has 0 fully saturated rings. The second-order valence-corrected chi connectivity index (χ2v) is 4.48. The Bertz CT molecular complexity index is 851. The molecule has 0 spiro atoms. The van der Waals surface area contributed by atoms with Gasteiger partial charge in [0.15, 0.2) is 0 Å². The lowest BCUT2D eigenvalue weighted by atomic mass is 10.2. The number of benzene rings is 1. The van der Waals surface area contributed by atoms with Gasteiger partial charge in [-0.2, -0.15) is 0 Å². The van der Waals surface area contributed by atoms with Crippen LogP contribution in [-0.4, -0.2) is 19.5 Å². The molecule has 0 aliphatic carbocycles. The Morgan fingerprint density at radius 2 is 1.86 bits per heavy atom. The van der Waals surface area contributed by atoms with Gasteiger partial charge < -0.3 is 9.55 Å². The molecule has 1 aromatic carbocycles. The summed E-state index contributed by atoms with van der Waals surface area (Å²) in [5.74, 6) is 0. The zero-order valence-corrected chi connectivity index (χ0v) is 11.1. The van der Waals surface area contributed by atoms with E-state index in [0.29, 0.717) is 5.69 Å². The highest BCUT2D eigenvalue weighted by molar-refractivity contribution is 5.57. The molecule has 0 bridgehead atoms. The molecule has 0 amide bonds. The van der Waals surface area contributed by atoms with Gasteiger partial charge in [0.05, 0.1) is 30.3 Å². The van der Waals surface area contributed by atoms with Crippen LogP contribution in [0.15, 0.2) is 64.7 Å². The van der Waals surface area contributed by atoms with Gasteiger partial charge in [0, 0.05) is 18.0 Å². The summed E-state index contributed by atoms with van der Waals surface area (Å²) in [6, 6.07) is 9.70. The van der Waals surface area contributed by atoms with E-state index in [-0.39, 0.29) is 6.54 Å². The molecule has 104 valence electrons. The van der Waals surface area contributed by atoms with Crippen LogP contribution >= 0.6 is 0 Å². The van der Waals surface area contributed by atoms with Crippen LogP contribution in [0.5, 0.6) is 0 Å². The fourth-order valence-corrected chi connectivity index (χ4v) is 1.96. The summed E-state index contributed by atoms with van der Waals surface area (Å²) in [5, 5.41) is 0. The minimum Gasteiger partial charge on any atom is -0.323 e. The van der Waals surface area contributed by atoms with Crippen LogP contribution < -0.4 is 11.1 Å². The Kier molecular flexibility index (Phi) is 3.42. The quantitative estimate of drug-likeness (QED) is 0.727. The second-order valence-electron chi connectivity index (χ2n) is 4.48. The van der Waals surface area contributed by atoms with Crippen molar-refractivity contribution in [1.82, 2.24) is 19.5 Å². The Hall–Kier alpha value is -3.02. The van der Waals surface area contributed by atoms with Crippen LogP contribution in [0.2, 0.25) is 0 Å². The fraction of sp³-hybridized carbons (Fsp3) is 0.0667. The third-order valence-corrected chi connectivity index (χ3v) is 3.03. The second kappa shape index (κ2) is 5.54. The van der Waals surface area contributed by atoms with Gasteiger partial charge in [0.25, 0.3) is 0 Å². The Balaban J connectivity index is 1.87. The lowest BCUT2D eigenvalue weighted by molar-refractivity contribution is 0.716. The maximum Gasteiger partial charge on any atom is 0.316 e. The predicted molar refractivity (Wildman–Crippen MR) is 77.9 cm³/mol. The van der Waals surface area contributed by atoms with Crippen molar-refractivity contribution < 1.29 is 0 Å². The van der Waals surface area contributed by atoms with Gasteiger partial charge in [0.2, 0.25) is 0 Å². The molecule has 3 rings (SSSR count). The largest absolute Gasteiger partial charge is 0.323 e. The zero-order valence-electron chi connectivity index (χ0n) is 11.1. The molecule has 2 aromatic heterocycles. The molecule has 0 saturated heterocycles. The first-order valence-electron chi connectivity index (χ1n) is 6.38. The topological polar surface area (TPSA) is 80.6 Å². The maximum absolute atomic E-state index is 11.6. The summed E-state index contributed by atoms with van der Waals surface area (Å²) in [7, 11) is 0. The molecule has 6 nitrogen and oxygen atoms in total. The molecular formula is C15H12N4O2. The highest BCUT2D eigenvalue weighted by Gasteiger charge is 2.04. The Morgan fingerprint density at radius 3 is 2.57 bits per heavy atom. The molecule has 0 unspecified atom stereocenters. The lowest BCUT2D eigenvalue weighted by Crippen LogP contribution is -2.35. The van der Waals surface area contributed by atoms with E-state index in [9.17, 15) is 9.59 Å². The summed E-state index contributed by atoms with van der Waals surface area (Å²) < 4.78 is 1.30. The lowest BCUT2D eigenvalue weighted by Gasteiger charge is -2.05. The summed E-state index contributed by atoms with van der Waals surface area (Å²) in [5.41, 5.74) is 1.10. The third-order valence-electron chi connectivity index (χ3n) is 3.03. The third kappa shape index (κ3) is 2.79. The smallest absolute Gasteiger partial charge is 0.316 e. The molecule has 0 aliphatic rings. The molecule has 2 heterocycles. The number of nitrogens with zero attached hydrogens (tertiary/aromatic N) is 3. The zero-order chi connectivity index (χ0) is 14.7. The van der Waals surface area contributed by atoms with E-state index in [0.717, 1.165) is 11.3 Å². The monoisotopic (exact) mass is 280 g/mol. The van der Waals surface area contributed by atoms with Crippen LogP contribution in [-0.2, 0) is 6.54 Å². The standard InChI is InChI=1S/C15H12N4O2/c20-14-15(21)19(7-6-16-14)10-12-8-18-13(9-17-12)11-4-2-1-3-5-11/h1-9H,10H2,(H,16,20). The highest BCUT2D eigenvalue weighted by Crippen LogP contribution is 2.14. The van der Waals surface area contributed by atoms with Gasteiger partial charge in [-0.25, -0.2) is 0 Å². The Morgan fingerprint density at radius 1 is 1.05 bits per heavy atom. The Labute approximate surface area is 119 Å². The van der Waals surface area contributed by atoms with Crippen molar-refractivity contribution in [3.05, 3.63) is 81.5 Å². The number of nitrogens with one attached hydrogen (secondary N) is 1. The van der Waals surface area contributed by atoms with E-state index in [1.165, 1.54) is 17.0 Å². The van der Waals surface area contributed by atoms with Gasteiger partial charge in [-0.15, -0.1) is 0 Å². The van der Waals surface area contributed by atoms with Crippen LogP contribution in [0, 0.1) is 0 Å². The number of H-pyrrole nitrogens is 1. The molecule has 0 aliphatic heterocycles. The SMILES string of the molecule is O=c1[nH]ccn(Cc2cnc(-c3ccccc3)cn2)c1=O. The highest BCUT2D eigenvalue weighted by atomic mass is 16.2. The fourth-order valence-electron chi connectivity index (χ4n) is 1.96. The number of aromatic nitrogens is 4. The van der Waals surface area contributed by atoms with Crippen LogP contribution in [0.3, 0.4) is 0 Å². The average Bonchev–Trinajstić information content (AvgIpc) is 2.53. The molecule has 0 radical (unpaired) electrons. The van der Waals surface area contributed by atoms with Crippen molar-refractivity contribution in [2.45, 2.75) is 6.54 Å². The molecule has 0 atom stereocenters. The first-order valence-corrected chi connectivity index (χ1v) is 6.38. The minimum absolute atomic E-state index is 0.213. The summed E-state index contributed by atoms with van der Waals surface area (Å²) in [4.78, 5) is 33.8. The van der Waals surface area contributed by atoms with Gasteiger partial charge in [-0.3, -0.25) is 19.6 Å². The van der Waals surface area contributed by atoms with E-state index < -0.39 is 11.1 Å². The normalized spacial score (nSPS) is 10.5. The first-order chi connectivity index (χ1) is 10.2. The van der Waals surface area contributed by atoms with Gasteiger partial charge in [-0.1, -0.05) is 30.3 Å². The van der Waals surface area contributed by atoms with E-state index >= 15 is 0 Å². The van der Waals surface area contributed by atoms with Crippen molar-refractivity contribution in [3.63, 3.8) is 0 Å². The van der Waals surface area contributed by atoms with Crippen molar-refractivity contribution in [2.24, 2.45) is 0 Å². The molecule has 6 heteroatoms. The van der Waals surface area contributed by atoms with Crippen molar-refractivity contribution in [2.75, 3.05) is 0 Å². The van der Waals surface area contributed by atoms with Crippen molar-refractivity contribution in [3.8, 4) is 11.3 Å². The van der Waals surface area contributed by atoms with E-state index in [2.05, 4.69) is 15.0 Å². The molecule has 1 N–H and O–H groups in total. The maximum atomic E-state index is 11.6. The van der Waals surface area contributed by atoms with E-state index in [1.807, 2.05) is 30.3 Å². The average molecular weight is 280 g/mol. The van der Waals surface area contributed by atoms with Gasteiger partial charge in [0.1, 0.15) is 0 Å². The summed E-state index contributed by atoms with van der Waals surface area (Å²) in [6.07, 6.45) is 6.20. The number of hydrogen-bond donors (Lipinski definition) is 1. The summed E-state index contributed by atoms with van der Waals surface area (Å²) >= 11 is 0. The van der Waals surface area contributed by atoms with Crippen LogP contribution in [0.4, 0.5) is 0 Å². The van der Waals surface area contributed by atoms with Crippen molar-refractivity contribution in [1.29, 1.82) is 0 Å². The van der Waals surface area contributed by atoms with Crippen LogP contribution in [0.25, 0.3) is 11.3 Å². The summed E-state index contributed by atoms with van der Waals surface area (Å²) in [6.45, 7) is 0.213. The van der Waals surface area contributed by atoms with Crippen molar-refractivity contribution >= 4 is 0 Å². The first kappa shape index (κ1) is 13.0. The predicted octanol–water partition coefficient (Wildman–Crippen LogP) is 1.04. The van der Waals surface area contributed by atoms with Gasteiger partial charge >= 0.3 is 11.1 Å². The molecule has 21 heavy (non-hydrogen) atoms. The molecule has 3 aromatic rings. The number of hydrogen-bond acceptors (Lipinski definition) is 4. The number of rotatable bonds is 3. The number of aromatic amines is 1. The molecular weight excluding hydrogens is 268 g/mol. The minimum atomic E-state index is -0.647. The molecule has 0 saturated carbocycles. The van der Waals surface area contributed by atoms with E-state index in [1.54, 1.807) is 12.4 Å². The van der Waals surface area contributed by atoms with E-state index in [4.69, 9.17) is 0 Å².